The van der Waals surface area contributed by atoms with E-state index >= 15 is 0 Å². The number of hydrogen-bond acceptors (Lipinski definition) is 5. The number of Topliss-reactive ketones (excluding diaryl/α,β-unsaturated/α-hetero) is 1. The van der Waals surface area contributed by atoms with Gasteiger partial charge in [0.25, 0.3) is 0 Å². The number of urea groups is 1. The average molecular weight is 409 g/mol. The van der Waals surface area contributed by atoms with Gasteiger partial charge in [0.1, 0.15) is 5.01 Å². The summed E-state index contributed by atoms with van der Waals surface area (Å²) < 4.78 is 1.21. The number of nitrogens with one attached hydrogen (secondary N) is 1. The van der Waals surface area contributed by atoms with Gasteiger partial charge in [0.05, 0.1) is 16.3 Å². The summed E-state index contributed by atoms with van der Waals surface area (Å²) in [7, 11) is 0. The highest BCUT2D eigenvalue weighted by molar-refractivity contribution is 7.18. The molecule has 2 aromatic carbocycles. The molecule has 0 saturated carbocycles. The lowest BCUT2D eigenvalue weighted by Gasteiger charge is -2.37. The first-order valence-electron chi connectivity index (χ1n) is 9.78. The van der Waals surface area contributed by atoms with Crippen molar-refractivity contribution < 1.29 is 9.59 Å². The second-order valence-corrected chi connectivity index (χ2v) is 8.34. The average Bonchev–Trinajstić information content (AvgIpc) is 3.18. The number of anilines is 1. The number of ketones is 1. The van der Waals surface area contributed by atoms with Gasteiger partial charge in [-0.05, 0) is 50.2 Å². The van der Waals surface area contributed by atoms with Gasteiger partial charge in [0.15, 0.2) is 5.78 Å². The lowest BCUT2D eigenvalue weighted by molar-refractivity contribution is 0.101. The van der Waals surface area contributed by atoms with E-state index in [4.69, 9.17) is 4.98 Å². The van der Waals surface area contributed by atoms with Crippen molar-refractivity contribution in [2.45, 2.75) is 19.9 Å². The van der Waals surface area contributed by atoms with Crippen LogP contribution < -0.4 is 5.32 Å². The van der Waals surface area contributed by atoms with Gasteiger partial charge >= 0.3 is 6.03 Å². The Hall–Kier alpha value is -2.77. The number of rotatable bonds is 4. The molecule has 1 aromatic heterocycles. The maximum atomic E-state index is 12.6. The Morgan fingerprint density at radius 1 is 1.03 bits per heavy atom. The van der Waals surface area contributed by atoms with E-state index in [1.165, 1.54) is 11.6 Å². The maximum Gasteiger partial charge on any atom is 0.321 e. The first-order valence-corrected chi connectivity index (χ1v) is 10.6. The van der Waals surface area contributed by atoms with E-state index in [2.05, 4.69) is 23.2 Å². The number of amides is 2. The Morgan fingerprint density at radius 2 is 1.72 bits per heavy atom. The molecular weight excluding hydrogens is 384 g/mol. The van der Waals surface area contributed by atoms with E-state index in [-0.39, 0.29) is 17.9 Å². The molecule has 29 heavy (non-hydrogen) atoms. The zero-order valence-electron chi connectivity index (χ0n) is 16.6. The third-order valence-corrected chi connectivity index (χ3v) is 6.57. The highest BCUT2D eigenvalue weighted by Gasteiger charge is 2.26. The van der Waals surface area contributed by atoms with Crippen molar-refractivity contribution in [2.24, 2.45) is 0 Å². The molecule has 3 aromatic rings. The summed E-state index contributed by atoms with van der Waals surface area (Å²) in [6, 6.07) is 15.3. The van der Waals surface area contributed by atoms with Gasteiger partial charge in [0.2, 0.25) is 0 Å². The van der Waals surface area contributed by atoms with Crippen LogP contribution in [0.2, 0.25) is 0 Å². The first kappa shape index (κ1) is 19.5. The molecule has 150 valence electrons. The van der Waals surface area contributed by atoms with Gasteiger partial charge in [0, 0.05) is 37.4 Å². The van der Waals surface area contributed by atoms with E-state index in [1.54, 1.807) is 35.6 Å². The smallest absolute Gasteiger partial charge is 0.321 e. The molecule has 7 heteroatoms. The van der Waals surface area contributed by atoms with Gasteiger partial charge in [-0.25, -0.2) is 9.78 Å². The van der Waals surface area contributed by atoms with Crippen molar-refractivity contribution in [2.75, 3.05) is 31.5 Å². The largest absolute Gasteiger partial charge is 0.322 e. The van der Waals surface area contributed by atoms with Crippen molar-refractivity contribution in [3.63, 3.8) is 0 Å². The molecule has 0 radical (unpaired) electrons. The summed E-state index contributed by atoms with van der Waals surface area (Å²) in [6.45, 7) is 6.69. The number of benzene rings is 2. The fourth-order valence-electron chi connectivity index (χ4n) is 3.53. The number of carbonyl (C=O) groups excluding carboxylic acids is 2. The summed E-state index contributed by atoms with van der Waals surface area (Å²) in [6.07, 6.45) is 0. The highest BCUT2D eigenvalue weighted by Crippen LogP contribution is 2.30. The van der Waals surface area contributed by atoms with E-state index in [1.807, 2.05) is 23.1 Å². The molecular formula is C22H24N4O2S. The normalized spacial score (nSPS) is 16.0. The van der Waals surface area contributed by atoms with Crippen LogP contribution in [0.5, 0.6) is 0 Å². The predicted octanol–water partition coefficient (Wildman–Crippen LogP) is 4.41. The second-order valence-electron chi connectivity index (χ2n) is 7.28. The van der Waals surface area contributed by atoms with Crippen molar-refractivity contribution in [1.82, 2.24) is 14.8 Å². The van der Waals surface area contributed by atoms with Gasteiger partial charge in [-0.15, -0.1) is 11.3 Å². The maximum absolute atomic E-state index is 12.6. The third-order valence-electron chi connectivity index (χ3n) is 5.36. The molecule has 0 spiro atoms. The Bertz CT molecular complexity index is 990. The van der Waals surface area contributed by atoms with Crippen LogP contribution in [0.25, 0.3) is 10.2 Å². The number of thiazole rings is 1. The number of hydrogen-bond donors (Lipinski definition) is 1. The molecule has 1 saturated heterocycles. The van der Waals surface area contributed by atoms with E-state index in [0.29, 0.717) is 24.3 Å². The van der Waals surface area contributed by atoms with Crippen LogP contribution in [0.1, 0.15) is 35.3 Å². The second kappa shape index (κ2) is 8.31. The molecule has 2 amide bonds. The Labute approximate surface area is 174 Å². The van der Waals surface area contributed by atoms with Crippen molar-refractivity contribution in [3.05, 3.63) is 59.1 Å². The number of carbonyl (C=O) groups is 2. The summed E-state index contributed by atoms with van der Waals surface area (Å²) in [5, 5.41) is 4.04. The minimum atomic E-state index is -0.104. The molecule has 1 fully saturated rings. The zero-order valence-corrected chi connectivity index (χ0v) is 17.4. The molecule has 0 aliphatic carbocycles. The van der Waals surface area contributed by atoms with Crippen LogP contribution in [-0.4, -0.2) is 52.8 Å². The number of fused-ring (bicyclic) bond motifs is 1. The SMILES string of the molecule is CC(=O)c1ccc(NC(=O)N2CCN([C@@H](C)c3nc4ccccc4s3)CC2)cc1. The summed E-state index contributed by atoms with van der Waals surface area (Å²) in [5.41, 5.74) is 2.39. The predicted molar refractivity (Wildman–Crippen MR) is 117 cm³/mol. The molecule has 2 heterocycles. The fourth-order valence-corrected chi connectivity index (χ4v) is 4.58. The third kappa shape index (κ3) is 4.31. The Morgan fingerprint density at radius 3 is 2.38 bits per heavy atom. The van der Waals surface area contributed by atoms with Gasteiger partial charge < -0.3 is 10.2 Å². The van der Waals surface area contributed by atoms with Crippen LogP contribution >= 0.6 is 11.3 Å². The zero-order chi connectivity index (χ0) is 20.4. The van der Waals surface area contributed by atoms with E-state index < -0.39 is 0 Å². The number of piperazine rings is 1. The van der Waals surface area contributed by atoms with Crippen LogP contribution in [0, 0.1) is 0 Å². The Kier molecular flexibility index (Phi) is 5.60. The first-order chi connectivity index (χ1) is 14.0. The minimum absolute atomic E-state index is 0.0150. The van der Waals surface area contributed by atoms with Crippen molar-refractivity contribution >= 4 is 39.1 Å². The number of para-hydroxylation sites is 1. The molecule has 4 rings (SSSR count). The summed E-state index contributed by atoms with van der Waals surface area (Å²) in [4.78, 5) is 32.9. The van der Waals surface area contributed by atoms with Crippen molar-refractivity contribution in [3.8, 4) is 0 Å². The van der Waals surface area contributed by atoms with Crippen LogP contribution in [0.3, 0.4) is 0 Å². The van der Waals surface area contributed by atoms with E-state index in [0.717, 1.165) is 23.6 Å². The standard InChI is InChI=1S/C22H24N4O2S/c1-15(21-24-19-5-3-4-6-20(19)29-21)25-11-13-26(14-12-25)22(28)23-18-9-7-17(8-10-18)16(2)27/h3-10,15H,11-14H2,1-2H3,(H,23,28)/t15-/m0/s1. The van der Waals surface area contributed by atoms with Crippen LogP contribution in [0.4, 0.5) is 10.5 Å². The topological polar surface area (TPSA) is 65.5 Å². The molecule has 6 nitrogen and oxygen atoms in total. The monoisotopic (exact) mass is 408 g/mol. The quantitative estimate of drug-likeness (QED) is 0.650. The van der Waals surface area contributed by atoms with Gasteiger partial charge in [-0.1, -0.05) is 12.1 Å². The Balaban J connectivity index is 1.33. The lowest BCUT2D eigenvalue weighted by atomic mass is 10.1. The molecule has 1 aliphatic rings. The molecule has 1 aliphatic heterocycles. The molecule has 1 N–H and O–H groups in total. The van der Waals surface area contributed by atoms with E-state index in [9.17, 15) is 9.59 Å². The van der Waals surface area contributed by atoms with Crippen LogP contribution in [-0.2, 0) is 0 Å². The molecule has 1 atom stereocenters. The fraction of sp³-hybridized carbons (Fsp3) is 0.318. The number of nitrogens with zero attached hydrogens (tertiary/aromatic N) is 3. The van der Waals surface area contributed by atoms with Crippen molar-refractivity contribution in [1.29, 1.82) is 0 Å². The minimum Gasteiger partial charge on any atom is -0.322 e. The van der Waals surface area contributed by atoms with Crippen LogP contribution in [0.15, 0.2) is 48.5 Å². The van der Waals surface area contributed by atoms with Gasteiger partial charge in [-0.3, -0.25) is 9.69 Å². The molecule has 0 unspecified atom stereocenters. The highest BCUT2D eigenvalue weighted by atomic mass is 32.1. The molecule has 0 bridgehead atoms. The summed E-state index contributed by atoms with van der Waals surface area (Å²) >= 11 is 1.74. The summed E-state index contributed by atoms with van der Waals surface area (Å²) in [5.74, 6) is 0.0150. The number of aromatic nitrogens is 1. The lowest BCUT2D eigenvalue weighted by Crippen LogP contribution is -2.50. The van der Waals surface area contributed by atoms with Gasteiger partial charge in [-0.2, -0.15) is 0 Å².